The van der Waals surface area contributed by atoms with Gasteiger partial charge in [0, 0.05) is 26.1 Å². The fourth-order valence-corrected chi connectivity index (χ4v) is 3.36. The molecule has 2 fully saturated rings. The molecule has 0 aliphatic carbocycles. The minimum atomic E-state index is -0.350. The highest BCUT2D eigenvalue weighted by Crippen LogP contribution is 2.32. The van der Waals surface area contributed by atoms with E-state index in [9.17, 15) is 4.79 Å². The lowest BCUT2D eigenvalue weighted by Crippen LogP contribution is -2.58. The highest BCUT2D eigenvalue weighted by Gasteiger charge is 2.46. The first kappa shape index (κ1) is 16.7. The summed E-state index contributed by atoms with van der Waals surface area (Å²) < 4.78 is 11.6. The molecule has 3 rings (SSSR count). The van der Waals surface area contributed by atoms with Gasteiger partial charge in [-0.2, -0.15) is 5.26 Å². The minimum absolute atomic E-state index is 0.0156. The molecule has 2 aliphatic rings. The second-order valence-electron chi connectivity index (χ2n) is 6.39. The molecule has 2 heterocycles. The van der Waals surface area contributed by atoms with Crippen LogP contribution in [0.1, 0.15) is 24.5 Å². The Bertz CT molecular complexity index is 643. The van der Waals surface area contributed by atoms with Crippen LogP contribution in [0, 0.1) is 11.3 Å². The summed E-state index contributed by atoms with van der Waals surface area (Å²) in [5.74, 6) is 0. The number of morpholine rings is 1. The molecule has 0 bridgehead atoms. The number of nitrogens with zero attached hydrogens (tertiary/aromatic N) is 2. The van der Waals surface area contributed by atoms with E-state index in [0.717, 1.165) is 12.0 Å². The number of carbonyl (C=O) groups excluding carboxylic acids is 1. The molecule has 1 aromatic carbocycles. The van der Waals surface area contributed by atoms with Gasteiger partial charge in [0.15, 0.2) is 0 Å². The Labute approximate surface area is 142 Å². The maximum Gasteiger partial charge on any atom is 0.317 e. The van der Waals surface area contributed by atoms with E-state index in [-0.39, 0.29) is 17.7 Å². The highest BCUT2D eigenvalue weighted by molar-refractivity contribution is 5.74. The third kappa shape index (κ3) is 3.53. The van der Waals surface area contributed by atoms with Crippen LogP contribution < -0.4 is 5.32 Å². The summed E-state index contributed by atoms with van der Waals surface area (Å²) in [6, 6.07) is 9.53. The van der Waals surface area contributed by atoms with E-state index in [2.05, 4.69) is 11.4 Å². The van der Waals surface area contributed by atoms with Crippen molar-refractivity contribution in [3.63, 3.8) is 0 Å². The van der Waals surface area contributed by atoms with Crippen LogP contribution >= 0.6 is 0 Å². The summed E-state index contributed by atoms with van der Waals surface area (Å²) in [5.41, 5.74) is 1.34. The zero-order chi connectivity index (χ0) is 17.0. The SMILES string of the molecule is C[C@@H]1OCC[C@@]12CN(C(=O)NCCc1cccc(C#N)c1)CCO2. The van der Waals surface area contributed by atoms with Gasteiger partial charge in [-0.3, -0.25) is 0 Å². The molecule has 2 aliphatic heterocycles. The summed E-state index contributed by atoms with van der Waals surface area (Å²) in [6.45, 7) is 4.96. The Morgan fingerprint density at radius 3 is 3.12 bits per heavy atom. The van der Waals surface area contributed by atoms with Crippen molar-refractivity contribution in [2.75, 3.05) is 32.8 Å². The number of carbonyl (C=O) groups is 1. The van der Waals surface area contributed by atoms with Gasteiger partial charge in [-0.15, -0.1) is 0 Å². The first-order valence-corrected chi connectivity index (χ1v) is 8.40. The van der Waals surface area contributed by atoms with Crippen LogP contribution in [0.15, 0.2) is 24.3 Å². The number of hydrogen-bond donors (Lipinski definition) is 1. The van der Waals surface area contributed by atoms with Gasteiger partial charge in [0.25, 0.3) is 0 Å². The predicted octanol–water partition coefficient (Wildman–Crippen LogP) is 1.69. The van der Waals surface area contributed by atoms with E-state index >= 15 is 0 Å². The smallest absolute Gasteiger partial charge is 0.317 e. The second-order valence-corrected chi connectivity index (χ2v) is 6.39. The summed E-state index contributed by atoms with van der Waals surface area (Å²) in [7, 11) is 0. The lowest BCUT2D eigenvalue weighted by atomic mass is 9.94. The number of hydrogen-bond acceptors (Lipinski definition) is 4. The molecule has 0 saturated carbocycles. The van der Waals surface area contributed by atoms with Crippen molar-refractivity contribution in [2.45, 2.75) is 31.5 Å². The number of ether oxygens (including phenoxy) is 2. The number of benzene rings is 1. The first-order chi connectivity index (χ1) is 11.6. The average molecular weight is 329 g/mol. The van der Waals surface area contributed by atoms with Crippen LogP contribution in [0.3, 0.4) is 0 Å². The first-order valence-electron chi connectivity index (χ1n) is 8.40. The number of amides is 2. The third-order valence-corrected chi connectivity index (χ3v) is 4.88. The Kier molecular flexibility index (Phi) is 5.03. The van der Waals surface area contributed by atoms with Gasteiger partial charge in [-0.25, -0.2) is 4.79 Å². The van der Waals surface area contributed by atoms with Crippen molar-refractivity contribution in [2.24, 2.45) is 0 Å². The molecule has 24 heavy (non-hydrogen) atoms. The van der Waals surface area contributed by atoms with E-state index in [0.29, 0.717) is 44.8 Å². The lowest BCUT2D eigenvalue weighted by Gasteiger charge is -2.41. The summed E-state index contributed by atoms with van der Waals surface area (Å²) in [5, 5.41) is 11.9. The predicted molar refractivity (Wildman–Crippen MR) is 88.5 cm³/mol. The van der Waals surface area contributed by atoms with Gasteiger partial charge in [0.2, 0.25) is 0 Å². The Morgan fingerprint density at radius 1 is 1.50 bits per heavy atom. The van der Waals surface area contributed by atoms with Crippen LogP contribution in [-0.2, 0) is 15.9 Å². The Hall–Kier alpha value is -2.10. The molecule has 6 nitrogen and oxygen atoms in total. The quantitative estimate of drug-likeness (QED) is 0.916. The zero-order valence-electron chi connectivity index (χ0n) is 14.0. The summed E-state index contributed by atoms with van der Waals surface area (Å²) in [6.07, 6.45) is 1.55. The second kappa shape index (κ2) is 7.20. The number of nitriles is 1. The van der Waals surface area contributed by atoms with Gasteiger partial charge < -0.3 is 19.7 Å². The number of rotatable bonds is 3. The van der Waals surface area contributed by atoms with Crippen LogP contribution in [-0.4, -0.2) is 55.5 Å². The molecule has 1 spiro atoms. The lowest BCUT2D eigenvalue weighted by molar-refractivity contribution is -0.125. The van der Waals surface area contributed by atoms with Crippen LogP contribution in [0.2, 0.25) is 0 Å². The molecule has 0 radical (unpaired) electrons. The maximum absolute atomic E-state index is 12.4. The molecule has 1 N–H and O–H groups in total. The molecule has 6 heteroatoms. The molecule has 2 amide bonds. The van der Waals surface area contributed by atoms with Gasteiger partial charge in [0.05, 0.1) is 30.9 Å². The minimum Gasteiger partial charge on any atom is -0.375 e. The molecule has 0 aromatic heterocycles. The van der Waals surface area contributed by atoms with Crippen LogP contribution in [0.25, 0.3) is 0 Å². The van der Waals surface area contributed by atoms with E-state index < -0.39 is 0 Å². The average Bonchev–Trinajstić information content (AvgIpc) is 2.95. The van der Waals surface area contributed by atoms with Crippen molar-refractivity contribution in [3.8, 4) is 6.07 Å². The fraction of sp³-hybridized carbons (Fsp3) is 0.556. The largest absolute Gasteiger partial charge is 0.375 e. The maximum atomic E-state index is 12.4. The molecular formula is C18H23N3O3. The highest BCUT2D eigenvalue weighted by atomic mass is 16.6. The number of nitrogens with one attached hydrogen (secondary N) is 1. The standard InChI is InChI=1S/C18H23N3O3/c1-14-18(6-9-23-14)13-21(8-10-24-18)17(22)20-7-5-15-3-2-4-16(11-15)12-19/h2-4,11,14H,5-10,13H2,1H3,(H,20,22)/t14-,18+/m0/s1. The molecule has 1 aromatic rings. The van der Waals surface area contributed by atoms with Gasteiger partial charge in [-0.1, -0.05) is 12.1 Å². The zero-order valence-corrected chi connectivity index (χ0v) is 14.0. The molecule has 0 unspecified atom stereocenters. The fourth-order valence-electron chi connectivity index (χ4n) is 3.36. The molecule has 128 valence electrons. The van der Waals surface area contributed by atoms with Crippen LogP contribution in [0.4, 0.5) is 4.79 Å². The van der Waals surface area contributed by atoms with Gasteiger partial charge in [-0.05, 0) is 31.0 Å². The van der Waals surface area contributed by atoms with E-state index in [1.807, 2.05) is 30.0 Å². The van der Waals surface area contributed by atoms with Gasteiger partial charge >= 0.3 is 6.03 Å². The topological polar surface area (TPSA) is 74.6 Å². The number of urea groups is 1. The van der Waals surface area contributed by atoms with Gasteiger partial charge in [0.1, 0.15) is 5.60 Å². The summed E-state index contributed by atoms with van der Waals surface area (Å²) >= 11 is 0. The Balaban J connectivity index is 1.51. The van der Waals surface area contributed by atoms with Crippen molar-refractivity contribution in [1.82, 2.24) is 10.2 Å². The molecular weight excluding hydrogens is 306 g/mol. The van der Waals surface area contributed by atoms with Crippen molar-refractivity contribution < 1.29 is 14.3 Å². The summed E-state index contributed by atoms with van der Waals surface area (Å²) in [4.78, 5) is 14.2. The Morgan fingerprint density at radius 2 is 2.38 bits per heavy atom. The van der Waals surface area contributed by atoms with Crippen molar-refractivity contribution in [3.05, 3.63) is 35.4 Å². The van der Waals surface area contributed by atoms with Crippen LogP contribution in [0.5, 0.6) is 0 Å². The molecule has 2 atom stereocenters. The van der Waals surface area contributed by atoms with Crippen molar-refractivity contribution in [1.29, 1.82) is 5.26 Å². The van der Waals surface area contributed by atoms with E-state index in [1.54, 1.807) is 6.07 Å². The normalized spacial score (nSPS) is 26.3. The van der Waals surface area contributed by atoms with E-state index in [4.69, 9.17) is 14.7 Å². The van der Waals surface area contributed by atoms with Crippen molar-refractivity contribution >= 4 is 6.03 Å². The monoisotopic (exact) mass is 329 g/mol. The van der Waals surface area contributed by atoms with E-state index in [1.165, 1.54) is 0 Å². The molecule has 2 saturated heterocycles. The third-order valence-electron chi connectivity index (χ3n) is 4.88.